The van der Waals surface area contributed by atoms with Crippen LogP contribution in [-0.4, -0.2) is 36.6 Å². The van der Waals surface area contributed by atoms with Gasteiger partial charge in [0.05, 0.1) is 13.7 Å². The topological polar surface area (TPSA) is 55.8 Å². The van der Waals surface area contributed by atoms with Crippen LogP contribution >= 0.6 is 11.6 Å². The number of rotatable bonds is 7. The van der Waals surface area contributed by atoms with E-state index in [9.17, 15) is 27.5 Å². The van der Waals surface area contributed by atoms with E-state index in [-0.39, 0.29) is 29.4 Å². The average Bonchev–Trinajstić information content (AvgIpc) is 2.54. The van der Waals surface area contributed by atoms with Crippen LogP contribution in [0.4, 0.5) is 17.6 Å². The predicted molar refractivity (Wildman–Crippen MR) is 83.2 cm³/mol. The lowest BCUT2D eigenvalue weighted by atomic mass is 9.83. The summed E-state index contributed by atoms with van der Waals surface area (Å²) in [5.74, 6) is -3.70. The minimum absolute atomic E-state index is 0.107. The van der Waals surface area contributed by atoms with Gasteiger partial charge in [-0.2, -0.15) is 13.2 Å². The molecule has 4 nitrogen and oxygen atoms in total. The number of aliphatic hydroxyl groups is 1. The van der Waals surface area contributed by atoms with Gasteiger partial charge in [0, 0.05) is 6.42 Å². The number of methoxy groups -OCH3 is 1. The van der Waals surface area contributed by atoms with Crippen LogP contribution in [0.3, 0.4) is 0 Å². The third kappa shape index (κ3) is 4.36. The minimum atomic E-state index is -5.25. The van der Waals surface area contributed by atoms with E-state index in [1.54, 1.807) is 6.92 Å². The van der Waals surface area contributed by atoms with Crippen LogP contribution in [0.25, 0.3) is 0 Å². The van der Waals surface area contributed by atoms with Gasteiger partial charge in [0.2, 0.25) is 0 Å². The maximum atomic E-state index is 13.6. The summed E-state index contributed by atoms with van der Waals surface area (Å²) in [6.07, 6.45) is -6.15. The van der Waals surface area contributed by atoms with Gasteiger partial charge in [-0.3, -0.25) is 0 Å². The molecule has 0 bridgehead atoms. The summed E-state index contributed by atoms with van der Waals surface area (Å²) in [7, 11) is 1.19. The Balaban J connectivity index is 3.36. The van der Waals surface area contributed by atoms with E-state index in [1.165, 1.54) is 20.1 Å². The zero-order chi connectivity index (χ0) is 19.4. The summed E-state index contributed by atoms with van der Waals surface area (Å²) >= 11 is 5.80. The molecular weight excluding hydrogens is 368 g/mol. The number of ether oxygens (including phenoxy) is 2. The molecule has 0 spiro atoms. The molecule has 9 heteroatoms. The number of carbonyl (C=O) groups excluding carboxylic acids is 1. The molecule has 1 rings (SSSR count). The molecule has 0 aliphatic heterocycles. The zero-order valence-electron chi connectivity index (χ0n) is 13.9. The number of esters is 1. The number of hydrogen-bond acceptors (Lipinski definition) is 4. The van der Waals surface area contributed by atoms with Crippen LogP contribution in [-0.2, 0) is 9.53 Å². The van der Waals surface area contributed by atoms with Crippen molar-refractivity contribution in [2.24, 2.45) is 0 Å². The smallest absolute Gasteiger partial charge is 0.428 e. The Morgan fingerprint density at radius 2 is 1.92 bits per heavy atom. The van der Waals surface area contributed by atoms with Crippen molar-refractivity contribution in [2.45, 2.75) is 44.4 Å². The molecule has 1 N–H and O–H groups in total. The average molecular weight is 387 g/mol. The van der Waals surface area contributed by atoms with Gasteiger partial charge >= 0.3 is 12.1 Å². The number of carbonyl (C=O) groups is 1. The summed E-state index contributed by atoms with van der Waals surface area (Å²) in [6.45, 7) is 2.57. The monoisotopic (exact) mass is 386 g/mol. The highest BCUT2D eigenvalue weighted by Crippen LogP contribution is 2.44. The van der Waals surface area contributed by atoms with Crippen LogP contribution in [0.1, 0.15) is 38.2 Å². The maximum absolute atomic E-state index is 13.6. The van der Waals surface area contributed by atoms with Crippen LogP contribution in [0.5, 0.6) is 5.75 Å². The number of benzene rings is 1. The molecule has 25 heavy (non-hydrogen) atoms. The van der Waals surface area contributed by atoms with Crippen molar-refractivity contribution < 1.29 is 36.9 Å². The van der Waals surface area contributed by atoms with Crippen LogP contribution in [0, 0.1) is 5.82 Å². The van der Waals surface area contributed by atoms with Gasteiger partial charge < -0.3 is 14.6 Å². The number of halogens is 5. The van der Waals surface area contributed by atoms with E-state index in [1.807, 2.05) is 0 Å². The van der Waals surface area contributed by atoms with Crippen molar-refractivity contribution in [3.05, 3.63) is 28.5 Å². The Labute approximate surface area is 147 Å². The lowest BCUT2D eigenvalue weighted by Crippen LogP contribution is -2.53. The van der Waals surface area contributed by atoms with Gasteiger partial charge in [0.1, 0.15) is 16.6 Å². The Hall–Kier alpha value is -1.54. The number of hydrogen-bond donors (Lipinski definition) is 1. The Morgan fingerprint density at radius 3 is 2.36 bits per heavy atom. The molecule has 0 aromatic heterocycles. The van der Waals surface area contributed by atoms with Gasteiger partial charge in [-0.05, 0) is 30.9 Å². The molecule has 1 aromatic carbocycles. The van der Waals surface area contributed by atoms with Crippen molar-refractivity contribution in [1.82, 2.24) is 0 Å². The van der Waals surface area contributed by atoms with Crippen LogP contribution in [0.2, 0.25) is 5.02 Å². The highest BCUT2D eigenvalue weighted by Gasteiger charge is 2.61. The second kappa shape index (κ2) is 8.23. The highest BCUT2D eigenvalue weighted by atomic mass is 35.5. The van der Waals surface area contributed by atoms with E-state index in [0.29, 0.717) is 0 Å². The largest absolute Gasteiger partial charge is 0.495 e. The molecular formula is C16H19ClF4O4. The minimum Gasteiger partial charge on any atom is -0.495 e. The molecule has 142 valence electrons. The third-order valence-electron chi connectivity index (χ3n) is 3.84. The van der Waals surface area contributed by atoms with E-state index in [0.717, 1.165) is 6.07 Å². The van der Waals surface area contributed by atoms with Gasteiger partial charge in [-0.15, -0.1) is 0 Å². The fraction of sp³-hybridized carbons (Fsp3) is 0.562. The first-order valence-corrected chi connectivity index (χ1v) is 7.89. The maximum Gasteiger partial charge on any atom is 0.428 e. The molecule has 0 saturated carbocycles. The molecule has 0 aliphatic rings. The molecule has 0 heterocycles. The van der Waals surface area contributed by atoms with Crippen molar-refractivity contribution in [2.75, 3.05) is 13.7 Å². The second-order valence-electron chi connectivity index (χ2n) is 5.37. The summed E-state index contributed by atoms with van der Waals surface area (Å²) in [6, 6.07) is 2.20. The quantitative estimate of drug-likeness (QED) is 0.563. The Morgan fingerprint density at radius 1 is 1.32 bits per heavy atom. The summed E-state index contributed by atoms with van der Waals surface area (Å²) in [5.41, 5.74) is -3.54. The highest BCUT2D eigenvalue weighted by molar-refractivity contribution is 6.32. The first-order valence-electron chi connectivity index (χ1n) is 7.51. The molecule has 0 fully saturated rings. The zero-order valence-corrected chi connectivity index (χ0v) is 14.7. The molecule has 1 aromatic rings. The van der Waals surface area contributed by atoms with Gasteiger partial charge in [0.15, 0.2) is 0 Å². The van der Waals surface area contributed by atoms with Gasteiger partial charge in [0.25, 0.3) is 5.60 Å². The first kappa shape index (κ1) is 21.5. The van der Waals surface area contributed by atoms with Crippen molar-refractivity contribution in [3.8, 4) is 5.75 Å². The molecule has 2 unspecified atom stereocenters. The van der Waals surface area contributed by atoms with Gasteiger partial charge in [-0.25, -0.2) is 9.18 Å². The lowest BCUT2D eigenvalue weighted by Gasteiger charge is -2.32. The molecule has 0 aliphatic carbocycles. The summed E-state index contributed by atoms with van der Waals surface area (Å²) in [4.78, 5) is 11.8. The van der Waals surface area contributed by atoms with E-state index in [2.05, 4.69) is 4.74 Å². The van der Waals surface area contributed by atoms with E-state index < -0.39 is 35.9 Å². The Kier molecular flexibility index (Phi) is 7.08. The first-order chi connectivity index (χ1) is 11.5. The molecule has 0 radical (unpaired) electrons. The van der Waals surface area contributed by atoms with Gasteiger partial charge in [-0.1, -0.05) is 24.6 Å². The normalized spacial score (nSPS) is 15.4. The van der Waals surface area contributed by atoms with Crippen molar-refractivity contribution in [1.29, 1.82) is 0 Å². The number of alkyl halides is 3. The van der Waals surface area contributed by atoms with E-state index in [4.69, 9.17) is 16.3 Å². The van der Waals surface area contributed by atoms with Crippen LogP contribution < -0.4 is 4.74 Å². The fourth-order valence-corrected chi connectivity index (χ4v) is 2.72. The molecule has 2 atom stereocenters. The predicted octanol–water partition coefficient (Wildman–Crippen LogP) is 4.23. The molecule has 0 saturated heterocycles. The van der Waals surface area contributed by atoms with Crippen molar-refractivity contribution >= 4 is 17.6 Å². The molecule has 0 amide bonds. The summed E-state index contributed by atoms with van der Waals surface area (Å²) in [5, 5.41) is 9.67. The van der Waals surface area contributed by atoms with Crippen molar-refractivity contribution in [3.63, 3.8) is 0 Å². The second-order valence-corrected chi connectivity index (χ2v) is 5.75. The Bertz CT molecular complexity index is 621. The van der Waals surface area contributed by atoms with Crippen LogP contribution in [0.15, 0.2) is 12.1 Å². The SMILES string of the molecule is CCOC(=O)C(O)(CC(CC)c1ccc(F)c(Cl)c1OC)C(F)(F)F. The summed E-state index contributed by atoms with van der Waals surface area (Å²) < 4.78 is 63.0. The third-order valence-corrected chi connectivity index (χ3v) is 4.19. The van der Waals surface area contributed by atoms with E-state index >= 15 is 0 Å². The fourth-order valence-electron chi connectivity index (χ4n) is 2.47. The standard InChI is InChI=1S/C16H19ClF4O4/c1-4-9(10-6-7-11(18)12(17)13(10)24-3)8-15(23,16(19,20)21)14(22)25-5-2/h6-7,9,23H,4-5,8H2,1-3H3. The lowest BCUT2D eigenvalue weighted by molar-refractivity contribution is -0.265.